The highest BCUT2D eigenvalue weighted by Gasteiger charge is 2.27. The van der Waals surface area contributed by atoms with E-state index in [1.54, 1.807) is 0 Å². The van der Waals surface area contributed by atoms with Gasteiger partial charge in [0.2, 0.25) is 0 Å². The molecule has 0 aromatic heterocycles. The second-order valence-electron chi connectivity index (χ2n) is 14.9. The summed E-state index contributed by atoms with van der Waals surface area (Å²) in [6.45, 7) is 0. The fourth-order valence-electron chi connectivity index (χ4n) is 8.64. The average Bonchev–Trinajstić information content (AvgIpc) is 3.30. The first-order chi connectivity index (χ1) is 28.3. The molecule has 1 unspecified atom stereocenters. The van der Waals surface area contributed by atoms with Crippen molar-refractivity contribution in [3.05, 3.63) is 242 Å². The van der Waals surface area contributed by atoms with Crippen molar-refractivity contribution in [1.29, 1.82) is 0 Å². The van der Waals surface area contributed by atoms with Crippen LogP contribution in [-0.4, -0.2) is 6.04 Å². The Bertz CT molecular complexity index is 2830. The summed E-state index contributed by atoms with van der Waals surface area (Å²) in [7, 11) is 0. The first kappa shape index (κ1) is 34.3. The van der Waals surface area contributed by atoms with Crippen LogP contribution in [0.4, 0.5) is 11.4 Å². The summed E-state index contributed by atoms with van der Waals surface area (Å²) >= 11 is 0. The van der Waals surface area contributed by atoms with Crippen LogP contribution in [0, 0.1) is 0 Å². The summed E-state index contributed by atoms with van der Waals surface area (Å²) < 4.78 is 0. The van der Waals surface area contributed by atoms with Crippen LogP contribution >= 0.6 is 0 Å². The predicted octanol–water partition coefficient (Wildman–Crippen LogP) is 15.1. The molecule has 0 spiro atoms. The zero-order chi connectivity index (χ0) is 38.0. The predicted molar refractivity (Wildman–Crippen MR) is 244 cm³/mol. The summed E-state index contributed by atoms with van der Waals surface area (Å²) in [6, 6.07) is 79.6. The number of anilines is 2. The second kappa shape index (κ2) is 15.1. The van der Waals surface area contributed by atoms with Gasteiger partial charge in [0.15, 0.2) is 0 Å². The van der Waals surface area contributed by atoms with Crippen LogP contribution in [0.3, 0.4) is 0 Å². The number of hydrogen-bond donors (Lipinski definition) is 0. The van der Waals surface area contributed by atoms with Gasteiger partial charge in [-0.1, -0.05) is 194 Å². The van der Waals surface area contributed by atoms with Crippen molar-refractivity contribution in [1.82, 2.24) is 0 Å². The van der Waals surface area contributed by atoms with Gasteiger partial charge in [-0.25, -0.2) is 0 Å². The maximum Gasteiger partial charge on any atom is 0.0566 e. The molecule has 0 radical (unpaired) electrons. The van der Waals surface area contributed by atoms with Crippen LogP contribution in [0.2, 0.25) is 0 Å². The monoisotopic (exact) mass is 727 g/mol. The minimum atomic E-state index is 0.0506. The van der Waals surface area contributed by atoms with Crippen LogP contribution in [0.15, 0.2) is 231 Å². The quantitative estimate of drug-likeness (QED) is 0.141. The molecule has 9 aromatic carbocycles. The van der Waals surface area contributed by atoms with E-state index in [0.717, 1.165) is 17.8 Å². The zero-order valence-corrected chi connectivity index (χ0v) is 31.7. The third-order valence-electron chi connectivity index (χ3n) is 11.4. The van der Waals surface area contributed by atoms with E-state index in [-0.39, 0.29) is 6.04 Å². The molecule has 1 nitrogen and oxygen atoms in total. The van der Waals surface area contributed by atoms with Gasteiger partial charge >= 0.3 is 0 Å². The van der Waals surface area contributed by atoms with Crippen LogP contribution < -0.4 is 4.90 Å². The highest BCUT2D eigenvalue weighted by molar-refractivity contribution is 6.13. The molecule has 57 heavy (non-hydrogen) atoms. The molecule has 270 valence electrons. The third-order valence-corrected chi connectivity index (χ3v) is 11.4. The highest BCUT2D eigenvalue weighted by Crippen LogP contribution is 2.43. The number of benzene rings is 9. The second-order valence-corrected chi connectivity index (χ2v) is 14.9. The largest absolute Gasteiger partial charge is 0.334 e. The van der Waals surface area contributed by atoms with Crippen LogP contribution in [0.1, 0.15) is 17.5 Å². The van der Waals surface area contributed by atoms with Crippen molar-refractivity contribution in [2.75, 3.05) is 4.90 Å². The van der Waals surface area contributed by atoms with Gasteiger partial charge in [-0.3, -0.25) is 0 Å². The first-order valence-electron chi connectivity index (χ1n) is 19.9. The van der Waals surface area contributed by atoms with E-state index < -0.39 is 0 Å². The Kier molecular flexibility index (Phi) is 9.10. The van der Waals surface area contributed by atoms with Crippen molar-refractivity contribution in [2.45, 2.75) is 12.5 Å². The Morgan fingerprint density at radius 2 is 0.860 bits per heavy atom. The lowest BCUT2D eigenvalue weighted by Gasteiger charge is -2.36. The first-order valence-corrected chi connectivity index (χ1v) is 19.9. The third kappa shape index (κ3) is 6.75. The molecule has 0 saturated carbocycles. The van der Waals surface area contributed by atoms with E-state index >= 15 is 0 Å². The van der Waals surface area contributed by atoms with E-state index in [0.29, 0.717) is 0 Å². The summed E-state index contributed by atoms with van der Waals surface area (Å²) in [5.74, 6) is 0. The Morgan fingerprint density at radius 1 is 0.351 bits per heavy atom. The van der Waals surface area contributed by atoms with Crippen molar-refractivity contribution >= 4 is 44.1 Å². The lowest BCUT2D eigenvalue weighted by Crippen LogP contribution is -2.31. The Balaban J connectivity index is 1.15. The SMILES string of the molecule is C1=CC(N(c2ccc(-c3cc4ccccc4c4ccccc34)cc2)c2cc(-c3ccccc3)cc(-c3ccccc3)c2)CC(c2ccccc2)=C1c1ccccc1. The van der Waals surface area contributed by atoms with Gasteiger partial charge in [0, 0.05) is 11.4 Å². The summed E-state index contributed by atoms with van der Waals surface area (Å²) in [5.41, 5.74) is 14.7. The van der Waals surface area contributed by atoms with Crippen molar-refractivity contribution in [3.63, 3.8) is 0 Å². The van der Waals surface area contributed by atoms with Crippen LogP contribution in [-0.2, 0) is 0 Å². The van der Waals surface area contributed by atoms with Crippen molar-refractivity contribution < 1.29 is 0 Å². The van der Waals surface area contributed by atoms with E-state index in [1.165, 1.54) is 77.2 Å². The molecule has 0 amide bonds. The molecule has 9 aromatic rings. The molecule has 0 aliphatic heterocycles. The molecular formula is C56H41N. The van der Waals surface area contributed by atoms with Crippen LogP contribution in [0.25, 0.3) is 66.1 Å². The fraction of sp³-hybridized carbons (Fsp3) is 0.0357. The molecule has 10 rings (SSSR count). The lowest BCUT2D eigenvalue weighted by molar-refractivity contribution is 0.797. The molecule has 0 heterocycles. The molecule has 1 atom stereocenters. The number of allylic oxidation sites excluding steroid dienone is 2. The van der Waals surface area contributed by atoms with E-state index in [1.807, 2.05) is 0 Å². The number of hydrogen-bond acceptors (Lipinski definition) is 1. The van der Waals surface area contributed by atoms with Gasteiger partial charge in [-0.2, -0.15) is 0 Å². The zero-order valence-electron chi connectivity index (χ0n) is 31.7. The van der Waals surface area contributed by atoms with Gasteiger partial charge < -0.3 is 4.90 Å². The number of nitrogens with zero attached hydrogens (tertiary/aromatic N) is 1. The molecule has 0 N–H and O–H groups in total. The van der Waals surface area contributed by atoms with Crippen molar-refractivity contribution in [3.8, 4) is 33.4 Å². The maximum atomic E-state index is 2.56. The smallest absolute Gasteiger partial charge is 0.0566 e. The minimum absolute atomic E-state index is 0.0506. The molecule has 1 heteroatoms. The lowest BCUT2D eigenvalue weighted by atomic mass is 9.85. The topological polar surface area (TPSA) is 3.24 Å². The minimum Gasteiger partial charge on any atom is -0.334 e. The van der Waals surface area contributed by atoms with E-state index in [2.05, 4.69) is 235 Å². The molecule has 1 aliphatic carbocycles. The van der Waals surface area contributed by atoms with Crippen LogP contribution in [0.5, 0.6) is 0 Å². The summed E-state index contributed by atoms with van der Waals surface area (Å²) in [5, 5.41) is 5.09. The summed E-state index contributed by atoms with van der Waals surface area (Å²) in [4.78, 5) is 2.56. The average molecular weight is 728 g/mol. The van der Waals surface area contributed by atoms with Gasteiger partial charge in [0.25, 0.3) is 0 Å². The molecule has 0 fully saturated rings. The molecule has 0 saturated heterocycles. The molecule has 1 aliphatic rings. The Hall–Kier alpha value is -7.22. The highest BCUT2D eigenvalue weighted by atomic mass is 15.2. The number of rotatable bonds is 8. The Labute approximate surface area is 335 Å². The van der Waals surface area contributed by atoms with Gasteiger partial charge in [0.1, 0.15) is 0 Å². The fourth-order valence-corrected chi connectivity index (χ4v) is 8.64. The number of fused-ring (bicyclic) bond motifs is 3. The summed E-state index contributed by atoms with van der Waals surface area (Å²) in [6.07, 6.45) is 5.61. The van der Waals surface area contributed by atoms with Crippen molar-refractivity contribution in [2.24, 2.45) is 0 Å². The van der Waals surface area contributed by atoms with E-state index in [9.17, 15) is 0 Å². The molecule has 0 bridgehead atoms. The normalized spacial score (nSPS) is 13.9. The standard InChI is InChI=1S/C56H41N/c1-5-17-40(18-6-1)46-35-47(41-19-7-2-8-20-41)37-50(36-46)57(49-33-34-52(42-21-9-3-10-22-42)56(39-49)43-23-11-4-12-24-43)48-31-29-44(30-32-48)55-38-45-25-13-14-26-51(45)53-27-15-16-28-54(53)55/h1-38,49H,39H2. The van der Waals surface area contributed by atoms with Gasteiger partial charge in [-0.05, 0) is 120 Å². The van der Waals surface area contributed by atoms with Gasteiger partial charge in [0.05, 0.1) is 6.04 Å². The van der Waals surface area contributed by atoms with Gasteiger partial charge in [-0.15, -0.1) is 0 Å². The molecular weight excluding hydrogens is 687 g/mol. The maximum absolute atomic E-state index is 2.56. The van der Waals surface area contributed by atoms with E-state index in [4.69, 9.17) is 0 Å². The Morgan fingerprint density at radius 3 is 1.47 bits per heavy atom.